The van der Waals surface area contributed by atoms with Crippen molar-refractivity contribution < 1.29 is 4.79 Å². The predicted molar refractivity (Wildman–Crippen MR) is 91.9 cm³/mol. The van der Waals surface area contributed by atoms with Crippen molar-refractivity contribution in [1.29, 1.82) is 0 Å². The van der Waals surface area contributed by atoms with E-state index in [9.17, 15) is 4.79 Å². The van der Waals surface area contributed by atoms with Gasteiger partial charge in [-0.25, -0.2) is 0 Å². The van der Waals surface area contributed by atoms with E-state index in [2.05, 4.69) is 23.5 Å². The summed E-state index contributed by atoms with van der Waals surface area (Å²) in [6, 6.07) is 19.8. The van der Waals surface area contributed by atoms with Crippen LogP contribution in [0.3, 0.4) is 0 Å². The topological polar surface area (TPSA) is 55.1 Å². The van der Waals surface area contributed by atoms with Gasteiger partial charge < -0.3 is 11.1 Å². The molecule has 0 unspecified atom stereocenters. The number of amides is 1. The van der Waals surface area contributed by atoms with Crippen molar-refractivity contribution in [1.82, 2.24) is 0 Å². The zero-order valence-electron chi connectivity index (χ0n) is 12.5. The predicted octanol–water partition coefficient (Wildman–Crippen LogP) is 3.91. The zero-order chi connectivity index (χ0) is 15.5. The van der Waals surface area contributed by atoms with Crippen LogP contribution in [0.25, 0.3) is 10.8 Å². The highest BCUT2D eigenvalue weighted by Gasteiger charge is 2.07. The SMILES string of the molecule is Cc1c(N)cccc1NC(=O)Cc1ccc2ccccc2c1. The average Bonchev–Trinajstić information content (AvgIpc) is 2.52. The number of hydrogen-bond donors (Lipinski definition) is 2. The molecule has 0 aromatic heterocycles. The van der Waals surface area contributed by atoms with Crippen LogP contribution in [0.5, 0.6) is 0 Å². The number of carbonyl (C=O) groups is 1. The molecule has 0 radical (unpaired) electrons. The van der Waals surface area contributed by atoms with E-state index in [4.69, 9.17) is 5.73 Å². The number of anilines is 2. The second-order valence-corrected chi connectivity index (χ2v) is 5.43. The van der Waals surface area contributed by atoms with E-state index < -0.39 is 0 Å². The molecule has 0 aliphatic carbocycles. The Morgan fingerprint density at radius 2 is 1.77 bits per heavy atom. The van der Waals surface area contributed by atoms with Crippen LogP contribution >= 0.6 is 0 Å². The molecule has 110 valence electrons. The van der Waals surface area contributed by atoms with Gasteiger partial charge in [-0.1, -0.05) is 48.5 Å². The molecule has 0 fully saturated rings. The molecule has 3 aromatic carbocycles. The lowest BCUT2D eigenvalue weighted by atomic mass is 10.0. The fraction of sp³-hybridized carbons (Fsp3) is 0.105. The lowest BCUT2D eigenvalue weighted by Crippen LogP contribution is -2.15. The maximum absolute atomic E-state index is 12.2. The number of nitrogen functional groups attached to an aromatic ring is 1. The Labute approximate surface area is 129 Å². The molecule has 0 saturated carbocycles. The van der Waals surface area contributed by atoms with Gasteiger partial charge in [-0.3, -0.25) is 4.79 Å². The lowest BCUT2D eigenvalue weighted by Gasteiger charge is -2.10. The average molecular weight is 290 g/mol. The number of benzene rings is 3. The van der Waals surface area contributed by atoms with E-state index in [1.807, 2.05) is 49.4 Å². The summed E-state index contributed by atoms with van der Waals surface area (Å²) in [5.74, 6) is -0.0380. The first-order valence-corrected chi connectivity index (χ1v) is 7.26. The van der Waals surface area contributed by atoms with E-state index in [0.29, 0.717) is 12.1 Å². The maximum atomic E-state index is 12.2. The van der Waals surface area contributed by atoms with Gasteiger partial charge in [-0.2, -0.15) is 0 Å². The molecular weight excluding hydrogens is 272 g/mol. The van der Waals surface area contributed by atoms with Crippen LogP contribution in [0.1, 0.15) is 11.1 Å². The van der Waals surface area contributed by atoms with Crippen LogP contribution in [-0.4, -0.2) is 5.91 Å². The molecule has 0 bridgehead atoms. The van der Waals surface area contributed by atoms with Crippen LogP contribution in [0.4, 0.5) is 11.4 Å². The minimum Gasteiger partial charge on any atom is -0.398 e. The molecule has 22 heavy (non-hydrogen) atoms. The van der Waals surface area contributed by atoms with Crippen LogP contribution in [0.15, 0.2) is 60.7 Å². The Balaban J connectivity index is 1.76. The largest absolute Gasteiger partial charge is 0.398 e. The molecule has 0 saturated heterocycles. The van der Waals surface area contributed by atoms with Crippen molar-refractivity contribution in [2.75, 3.05) is 11.1 Å². The smallest absolute Gasteiger partial charge is 0.228 e. The second kappa shape index (κ2) is 5.90. The van der Waals surface area contributed by atoms with Crippen LogP contribution in [-0.2, 0) is 11.2 Å². The van der Waals surface area contributed by atoms with Gasteiger partial charge in [0.25, 0.3) is 0 Å². The van der Waals surface area contributed by atoms with Gasteiger partial charge >= 0.3 is 0 Å². The van der Waals surface area contributed by atoms with Gasteiger partial charge in [0.1, 0.15) is 0 Å². The highest BCUT2D eigenvalue weighted by atomic mass is 16.1. The molecule has 0 aliphatic rings. The highest BCUT2D eigenvalue weighted by molar-refractivity contribution is 5.94. The Morgan fingerprint density at radius 1 is 1.00 bits per heavy atom. The summed E-state index contributed by atoms with van der Waals surface area (Å²) in [6.07, 6.45) is 0.346. The minimum absolute atomic E-state index is 0.0380. The first kappa shape index (κ1) is 14.1. The molecule has 0 aliphatic heterocycles. The lowest BCUT2D eigenvalue weighted by molar-refractivity contribution is -0.115. The van der Waals surface area contributed by atoms with Crippen LogP contribution in [0, 0.1) is 6.92 Å². The molecule has 0 heterocycles. The summed E-state index contributed by atoms with van der Waals surface area (Å²) in [5.41, 5.74) is 9.21. The quantitative estimate of drug-likeness (QED) is 0.718. The number of nitrogens with one attached hydrogen (secondary N) is 1. The number of carbonyl (C=O) groups excluding carboxylic acids is 1. The molecule has 0 spiro atoms. The van der Waals surface area contributed by atoms with E-state index in [0.717, 1.165) is 22.2 Å². The third-order valence-electron chi connectivity index (χ3n) is 3.83. The van der Waals surface area contributed by atoms with Crippen LogP contribution in [0.2, 0.25) is 0 Å². The van der Waals surface area contributed by atoms with E-state index in [-0.39, 0.29) is 5.91 Å². The van der Waals surface area contributed by atoms with E-state index in [1.54, 1.807) is 0 Å². The van der Waals surface area contributed by atoms with Gasteiger partial charge in [0.05, 0.1) is 6.42 Å². The summed E-state index contributed by atoms with van der Waals surface area (Å²) < 4.78 is 0. The Morgan fingerprint density at radius 3 is 2.59 bits per heavy atom. The molecule has 3 aromatic rings. The Bertz CT molecular complexity index is 840. The molecule has 3 heteroatoms. The molecule has 0 atom stereocenters. The summed E-state index contributed by atoms with van der Waals surface area (Å²) in [7, 11) is 0. The van der Waals surface area contributed by atoms with Crippen molar-refractivity contribution >= 4 is 28.1 Å². The van der Waals surface area contributed by atoms with Crippen molar-refractivity contribution in [2.45, 2.75) is 13.3 Å². The maximum Gasteiger partial charge on any atom is 0.228 e. The number of nitrogens with two attached hydrogens (primary N) is 1. The van der Waals surface area contributed by atoms with Crippen LogP contribution < -0.4 is 11.1 Å². The molecule has 1 amide bonds. The van der Waals surface area contributed by atoms with Crippen molar-refractivity contribution in [3.05, 3.63) is 71.8 Å². The molecule has 3 N–H and O–H groups in total. The van der Waals surface area contributed by atoms with E-state index in [1.165, 1.54) is 5.39 Å². The van der Waals surface area contributed by atoms with Gasteiger partial charge in [0.15, 0.2) is 0 Å². The fourth-order valence-corrected chi connectivity index (χ4v) is 2.52. The zero-order valence-corrected chi connectivity index (χ0v) is 12.5. The monoisotopic (exact) mass is 290 g/mol. The van der Waals surface area contributed by atoms with Crippen molar-refractivity contribution in [3.8, 4) is 0 Å². The molecular formula is C19H18N2O. The minimum atomic E-state index is -0.0380. The summed E-state index contributed by atoms with van der Waals surface area (Å²) >= 11 is 0. The highest BCUT2D eigenvalue weighted by Crippen LogP contribution is 2.21. The number of hydrogen-bond acceptors (Lipinski definition) is 2. The molecule has 3 nitrogen and oxygen atoms in total. The number of rotatable bonds is 3. The second-order valence-electron chi connectivity index (χ2n) is 5.43. The third-order valence-corrected chi connectivity index (χ3v) is 3.83. The van der Waals surface area contributed by atoms with Crippen molar-refractivity contribution in [2.24, 2.45) is 0 Å². The third kappa shape index (κ3) is 2.93. The van der Waals surface area contributed by atoms with Crippen molar-refractivity contribution in [3.63, 3.8) is 0 Å². The van der Waals surface area contributed by atoms with Gasteiger partial charge in [0, 0.05) is 11.4 Å². The summed E-state index contributed by atoms with van der Waals surface area (Å²) in [6.45, 7) is 1.90. The fourth-order valence-electron chi connectivity index (χ4n) is 2.52. The standard InChI is InChI=1S/C19H18N2O/c1-13-17(20)7-4-8-18(13)21-19(22)12-14-9-10-15-5-2-3-6-16(15)11-14/h2-11H,12,20H2,1H3,(H,21,22). The van der Waals surface area contributed by atoms with Gasteiger partial charge in [-0.15, -0.1) is 0 Å². The van der Waals surface area contributed by atoms with Gasteiger partial charge in [-0.05, 0) is 41.0 Å². The number of fused-ring (bicyclic) bond motifs is 1. The Hall–Kier alpha value is -2.81. The summed E-state index contributed by atoms with van der Waals surface area (Å²) in [5, 5.41) is 5.25. The molecule has 3 rings (SSSR count). The summed E-state index contributed by atoms with van der Waals surface area (Å²) in [4.78, 5) is 12.2. The Kier molecular flexibility index (Phi) is 3.79. The van der Waals surface area contributed by atoms with E-state index >= 15 is 0 Å². The first-order valence-electron chi connectivity index (χ1n) is 7.26. The normalized spacial score (nSPS) is 10.6. The first-order chi connectivity index (χ1) is 10.6. The van der Waals surface area contributed by atoms with Gasteiger partial charge in [0.2, 0.25) is 5.91 Å².